The van der Waals surface area contributed by atoms with Gasteiger partial charge in [-0.25, -0.2) is 0 Å². The van der Waals surface area contributed by atoms with Gasteiger partial charge in [0.25, 0.3) is 0 Å². The number of hydrogen-bond donors (Lipinski definition) is 1. The molecule has 4 fully saturated rings. The zero-order chi connectivity index (χ0) is 15.5. The number of ether oxygens (including phenoxy) is 1. The molecule has 1 N–H and O–H groups in total. The third kappa shape index (κ3) is 2.13. The van der Waals surface area contributed by atoms with Gasteiger partial charge < -0.3 is 9.84 Å². The van der Waals surface area contributed by atoms with Crippen LogP contribution in [0.5, 0.6) is 0 Å². The average Bonchev–Trinajstić information content (AvgIpc) is 2.80. The molecular formula is C20H34O2. The first-order valence-corrected chi connectivity index (χ1v) is 9.67. The first-order valence-electron chi connectivity index (χ1n) is 9.67. The van der Waals surface area contributed by atoms with E-state index in [2.05, 4.69) is 13.8 Å². The molecule has 8 unspecified atom stereocenters. The van der Waals surface area contributed by atoms with Gasteiger partial charge >= 0.3 is 0 Å². The van der Waals surface area contributed by atoms with Crippen LogP contribution in [0.1, 0.15) is 71.6 Å². The van der Waals surface area contributed by atoms with E-state index in [0.29, 0.717) is 16.9 Å². The van der Waals surface area contributed by atoms with E-state index in [1.807, 2.05) is 7.11 Å². The molecule has 0 amide bonds. The molecule has 0 aromatic rings. The van der Waals surface area contributed by atoms with Crippen LogP contribution in [0.3, 0.4) is 0 Å². The third-order valence-corrected chi connectivity index (χ3v) is 8.70. The number of aliphatic hydroxyl groups excluding tert-OH is 1. The van der Waals surface area contributed by atoms with Crippen LogP contribution < -0.4 is 0 Å². The van der Waals surface area contributed by atoms with E-state index in [0.717, 1.165) is 36.5 Å². The molecule has 0 saturated heterocycles. The van der Waals surface area contributed by atoms with E-state index in [1.54, 1.807) is 0 Å². The average molecular weight is 306 g/mol. The molecule has 4 aliphatic carbocycles. The fourth-order valence-corrected chi connectivity index (χ4v) is 7.45. The van der Waals surface area contributed by atoms with E-state index in [1.165, 1.54) is 44.9 Å². The van der Waals surface area contributed by atoms with Gasteiger partial charge in [-0.05, 0) is 92.3 Å². The monoisotopic (exact) mass is 306 g/mol. The van der Waals surface area contributed by atoms with Crippen molar-refractivity contribution in [1.82, 2.24) is 0 Å². The van der Waals surface area contributed by atoms with Crippen molar-refractivity contribution in [2.24, 2.45) is 34.5 Å². The number of aliphatic hydroxyl groups is 1. The summed E-state index contributed by atoms with van der Waals surface area (Å²) in [7, 11) is 1.89. The third-order valence-electron chi connectivity index (χ3n) is 8.70. The number of methoxy groups -OCH3 is 1. The molecule has 22 heavy (non-hydrogen) atoms. The smallest absolute Gasteiger partial charge is 0.0574 e. The predicted octanol–water partition coefficient (Wildman–Crippen LogP) is 4.41. The second kappa shape index (κ2) is 5.21. The quantitative estimate of drug-likeness (QED) is 0.778. The Morgan fingerprint density at radius 2 is 1.77 bits per heavy atom. The molecule has 0 aromatic heterocycles. The molecular weight excluding hydrogens is 272 g/mol. The van der Waals surface area contributed by atoms with Gasteiger partial charge in [-0.2, -0.15) is 0 Å². The lowest BCUT2D eigenvalue weighted by molar-refractivity contribution is -0.125. The fourth-order valence-electron chi connectivity index (χ4n) is 7.45. The Morgan fingerprint density at radius 3 is 2.55 bits per heavy atom. The summed E-state index contributed by atoms with van der Waals surface area (Å²) in [6, 6.07) is 0. The van der Waals surface area contributed by atoms with Gasteiger partial charge in [0.2, 0.25) is 0 Å². The topological polar surface area (TPSA) is 29.5 Å². The minimum Gasteiger partial charge on any atom is -0.393 e. The van der Waals surface area contributed by atoms with Crippen molar-refractivity contribution in [3.8, 4) is 0 Å². The van der Waals surface area contributed by atoms with Crippen molar-refractivity contribution < 1.29 is 9.84 Å². The highest BCUT2D eigenvalue weighted by molar-refractivity contribution is 5.08. The molecule has 8 atom stereocenters. The van der Waals surface area contributed by atoms with Crippen LogP contribution in [0.15, 0.2) is 0 Å². The van der Waals surface area contributed by atoms with E-state index < -0.39 is 0 Å². The summed E-state index contributed by atoms with van der Waals surface area (Å²) < 4.78 is 5.69. The van der Waals surface area contributed by atoms with Gasteiger partial charge in [0, 0.05) is 7.11 Å². The van der Waals surface area contributed by atoms with Gasteiger partial charge in [-0.15, -0.1) is 0 Å². The second-order valence-corrected chi connectivity index (χ2v) is 9.58. The Balaban J connectivity index is 1.59. The summed E-state index contributed by atoms with van der Waals surface area (Å²) in [6.07, 6.45) is 12.1. The molecule has 0 aromatic carbocycles. The molecule has 0 spiro atoms. The van der Waals surface area contributed by atoms with Crippen molar-refractivity contribution in [1.29, 1.82) is 0 Å². The van der Waals surface area contributed by atoms with Gasteiger partial charge in [0.05, 0.1) is 12.2 Å². The Bertz CT molecular complexity index is 435. The molecule has 0 radical (unpaired) electrons. The summed E-state index contributed by atoms with van der Waals surface area (Å²) in [5, 5.41) is 10.3. The van der Waals surface area contributed by atoms with E-state index in [-0.39, 0.29) is 6.10 Å². The summed E-state index contributed by atoms with van der Waals surface area (Å²) >= 11 is 0. The van der Waals surface area contributed by atoms with Crippen molar-refractivity contribution >= 4 is 0 Å². The Hall–Kier alpha value is -0.0800. The van der Waals surface area contributed by atoms with Crippen LogP contribution in [0.4, 0.5) is 0 Å². The van der Waals surface area contributed by atoms with E-state index >= 15 is 0 Å². The Morgan fingerprint density at radius 1 is 0.955 bits per heavy atom. The molecule has 2 nitrogen and oxygen atoms in total. The van der Waals surface area contributed by atoms with Gasteiger partial charge in [-0.3, -0.25) is 0 Å². The molecule has 4 saturated carbocycles. The number of rotatable bonds is 1. The van der Waals surface area contributed by atoms with Gasteiger partial charge in [0.1, 0.15) is 0 Å². The van der Waals surface area contributed by atoms with E-state index in [9.17, 15) is 5.11 Å². The van der Waals surface area contributed by atoms with Crippen molar-refractivity contribution in [2.45, 2.75) is 83.8 Å². The highest BCUT2D eigenvalue weighted by atomic mass is 16.5. The first kappa shape index (κ1) is 15.4. The normalized spacial score (nSPS) is 57.8. The zero-order valence-corrected chi connectivity index (χ0v) is 14.7. The van der Waals surface area contributed by atoms with Crippen LogP contribution in [0.2, 0.25) is 0 Å². The summed E-state index contributed by atoms with van der Waals surface area (Å²) in [6.45, 7) is 5.08. The summed E-state index contributed by atoms with van der Waals surface area (Å²) in [5.74, 6) is 3.46. The minimum absolute atomic E-state index is 0.0245. The van der Waals surface area contributed by atoms with Crippen LogP contribution >= 0.6 is 0 Å². The lowest BCUT2D eigenvalue weighted by atomic mass is 9.45. The molecule has 4 rings (SSSR count). The van der Waals surface area contributed by atoms with Crippen molar-refractivity contribution in [3.63, 3.8) is 0 Å². The Kier molecular flexibility index (Phi) is 3.66. The molecule has 4 aliphatic rings. The molecule has 0 bridgehead atoms. The lowest BCUT2D eigenvalue weighted by Gasteiger charge is -2.60. The van der Waals surface area contributed by atoms with Crippen LogP contribution in [0.25, 0.3) is 0 Å². The maximum Gasteiger partial charge on any atom is 0.0574 e. The Labute approximate surface area is 136 Å². The summed E-state index contributed by atoms with van der Waals surface area (Å²) in [5.41, 5.74) is 0.986. The highest BCUT2D eigenvalue weighted by Gasteiger charge is 2.59. The number of hydrogen-bond acceptors (Lipinski definition) is 2. The van der Waals surface area contributed by atoms with Gasteiger partial charge in [-0.1, -0.05) is 13.8 Å². The molecule has 2 heteroatoms. The maximum atomic E-state index is 10.3. The largest absolute Gasteiger partial charge is 0.393 e. The van der Waals surface area contributed by atoms with Gasteiger partial charge in [0.15, 0.2) is 0 Å². The highest BCUT2D eigenvalue weighted by Crippen LogP contribution is 2.66. The molecule has 0 aliphatic heterocycles. The second-order valence-electron chi connectivity index (χ2n) is 9.58. The fraction of sp³-hybridized carbons (Fsp3) is 1.00. The minimum atomic E-state index is -0.0245. The lowest BCUT2D eigenvalue weighted by Crippen LogP contribution is -2.53. The summed E-state index contributed by atoms with van der Waals surface area (Å²) in [4.78, 5) is 0. The first-order chi connectivity index (χ1) is 10.5. The maximum absolute atomic E-state index is 10.3. The van der Waals surface area contributed by atoms with Crippen LogP contribution in [-0.2, 0) is 4.74 Å². The van der Waals surface area contributed by atoms with Crippen LogP contribution in [-0.4, -0.2) is 24.4 Å². The zero-order valence-electron chi connectivity index (χ0n) is 14.7. The molecule has 0 heterocycles. The van der Waals surface area contributed by atoms with Crippen LogP contribution in [0, 0.1) is 34.5 Å². The van der Waals surface area contributed by atoms with Crippen molar-refractivity contribution in [3.05, 3.63) is 0 Å². The number of fused-ring (bicyclic) bond motifs is 5. The SMILES string of the molecule is COC1CCC2(C)C(CCC3C4CC(O)CC4(C)CCC32)C1. The predicted molar refractivity (Wildman–Crippen MR) is 88.5 cm³/mol. The van der Waals surface area contributed by atoms with Crippen molar-refractivity contribution in [2.75, 3.05) is 7.11 Å². The molecule has 126 valence electrons. The van der Waals surface area contributed by atoms with E-state index in [4.69, 9.17) is 4.74 Å². The standard InChI is InChI=1S/C20H34O2/c1-19-8-7-17-16(18(19)11-14(21)12-19)5-4-13-10-15(22-3)6-9-20(13,17)2/h13-18,21H,4-12H2,1-3H3.